The fraction of sp³-hybridized carbons (Fsp3) is 0.364. The van der Waals surface area contributed by atoms with Gasteiger partial charge in [0.25, 0.3) is 0 Å². The van der Waals surface area contributed by atoms with Gasteiger partial charge in [0.2, 0.25) is 0 Å². The topological polar surface area (TPSA) is 65.0 Å². The molecule has 5 heteroatoms. The van der Waals surface area contributed by atoms with E-state index in [2.05, 4.69) is 5.18 Å². The first-order chi connectivity index (χ1) is 7.63. The number of carbonyl (C=O) groups excluding carboxylic acids is 1. The molecule has 0 fully saturated rings. The van der Waals surface area contributed by atoms with Crippen molar-refractivity contribution in [1.82, 2.24) is 0 Å². The molecule has 0 bridgehead atoms. The molecule has 0 spiro atoms. The molecule has 0 aromatic heterocycles. The number of hydrogen-bond donors (Lipinski definition) is 0. The van der Waals surface area contributed by atoms with E-state index in [1.165, 1.54) is 27.2 Å². The molecular weight excluding hydrogens is 210 g/mol. The Kier molecular flexibility index (Phi) is 3.99. The lowest BCUT2D eigenvalue weighted by Gasteiger charge is -2.10. The third-order valence-corrected chi connectivity index (χ3v) is 2.21. The zero-order valence-electron chi connectivity index (χ0n) is 9.39. The molecular formula is C11H13NO4. The van der Waals surface area contributed by atoms with Gasteiger partial charge >= 0.3 is 0 Å². The van der Waals surface area contributed by atoms with E-state index in [1.54, 1.807) is 12.1 Å². The lowest BCUT2D eigenvalue weighted by atomic mass is 10.0. The highest BCUT2D eigenvalue weighted by atomic mass is 16.5. The maximum Gasteiger partial charge on any atom is 0.194 e. The summed E-state index contributed by atoms with van der Waals surface area (Å²) in [5.74, 6) is 0.550. The van der Waals surface area contributed by atoms with Crippen molar-refractivity contribution in [3.8, 4) is 11.5 Å². The number of Topliss-reactive ketones (excluding diaryl/α,β-unsaturated/α-hetero) is 1. The van der Waals surface area contributed by atoms with Gasteiger partial charge in [0.15, 0.2) is 11.8 Å². The van der Waals surface area contributed by atoms with Crippen molar-refractivity contribution < 1.29 is 14.3 Å². The van der Waals surface area contributed by atoms with Crippen molar-refractivity contribution in [2.45, 2.75) is 13.0 Å². The highest BCUT2D eigenvalue weighted by molar-refractivity contribution is 6.02. The van der Waals surface area contributed by atoms with Crippen molar-refractivity contribution in [1.29, 1.82) is 0 Å². The van der Waals surface area contributed by atoms with E-state index < -0.39 is 6.04 Å². The first-order valence-corrected chi connectivity index (χ1v) is 4.72. The van der Waals surface area contributed by atoms with Crippen LogP contribution in [0.25, 0.3) is 0 Å². The summed E-state index contributed by atoms with van der Waals surface area (Å²) in [5, 5.41) is 2.70. The highest BCUT2D eigenvalue weighted by Gasteiger charge is 2.20. The molecule has 0 heterocycles. The molecule has 1 unspecified atom stereocenters. The normalized spacial score (nSPS) is 11.7. The molecule has 0 saturated carbocycles. The Hall–Kier alpha value is -1.91. The zero-order valence-corrected chi connectivity index (χ0v) is 9.39. The summed E-state index contributed by atoms with van der Waals surface area (Å²) in [5.41, 5.74) is 0.300. The van der Waals surface area contributed by atoms with Crippen LogP contribution >= 0.6 is 0 Å². The van der Waals surface area contributed by atoms with Crippen LogP contribution in [0.1, 0.15) is 17.3 Å². The van der Waals surface area contributed by atoms with E-state index >= 15 is 0 Å². The molecule has 0 amide bonds. The third kappa shape index (κ3) is 2.36. The van der Waals surface area contributed by atoms with Crippen molar-refractivity contribution in [3.05, 3.63) is 28.7 Å². The predicted octanol–water partition coefficient (Wildman–Crippen LogP) is 2.04. The molecule has 0 aliphatic carbocycles. The number of nitrogens with zero attached hydrogens (tertiary/aromatic N) is 1. The van der Waals surface area contributed by atoms with Gasteiger partial charge in [-0.3, -0.25) is 4.79 Å². The van der Waals surface area contributed by atoms with Gasteiger partial charge in [0, 0.05) is 0 Å². The number of carbonyl (C=O) groups is 1. The Morgan fingerprint density at radius 2 is 2.00 bits per heavy atom. The zero-order chi connectivity index (χ0) is 12.1. The number of ether oxygens (including phenoxy) is 2. The van der Waals surface area contributed by atoms with Crippen LogP contribution in [0.4, 0.5) is 0 Å². The second-order valence-electron chi connectivity index (χ2n) is 3.21. The first kappa shape index (κ1) is 12.2. The molecule has 1 rings (SSSR count). The third-order valence-electron chi connectivity index (χ3n) is 2.21. The summed E-state index contributed by atoms with van der Waals surface area (Å²) in [7, 11) is 2.95. The lowest BCUT2D eigenvalue weighted by molar-refractivity contribution is 0.0965. The minimum Gasteiger partial charge on any atom is -0.497 e. The van der Waals surface area contributed by atoms with E-state index in [9.17, 15) is 9.70 Å². The maximum atomic E-state index is 11.8. The number of nitroso groups, excluding NO2 is 1. The van der Waals surface area contributed by atoms with Crippen LogP contribution in [0, 0.1) is 4.91 Å². The number of benzene rings is 1. The second kappa shape index (κ2) is 5.25. The van der Waals surface area contributed by atoms with Crippen molar-refractivity contribution in [3.63, 3.8) is 0 Å². The minimum atomic E-state index is -0.930. The molecule has 0 aliphatic rings. The maximum absolute atomic E-state index is 11.8. The van der Waals surface area contributed by atoms with E-state index in [-0.39, 0.29) is 5.78 Å². The standard InChI is InChI=1S/C11H13NO4/c1-7(12-14)11(13)9-6-8(15-2)4-5-10(9)16-3/h4-7H,1-3H3. The van der Waals surface area contributed by atoms with E-state index in [4.69, 9.17) is 9.47 Å². The molecule has 1 aromatic carbocycles. The molecule has 1 aromatic rings. The highest BCUT2D eigenvalue weighted by Crippen LogP contribution is 2.25. The van der Waals surface area contributed by atoms with Gasteiger partial charge in [-0.1, -0.05) is 5.18 Å². The SMILES string of the molecule is COc1ccc(OC)c(C(=O)C(C)N=O)c1. The Balaban J connectivity index is 3.17. The van der Waals surface area contributed by atoms with Crippen molar-refractivity contribution in [2.75, 3.05) is 14.2 Å². The van der Waals surface area contributed by atoms with Crippen molar-refractivity contribution in [2.24, 2.45) is 5.18 Å². The Bertz CT molecular complexity index is 403. The average Bonchev–Trinajstić information content (AvgIpc) is 2.35. The van der Waals surface area contributed by atoms with E-state index in [1.807, 2.05) is 0 Å². The summed E-state index contributed by atoms with van der Waals surface area (Å²) in [6.45, 7) is 1.44. The van der Waals surface area contributed by atoms with Gasteiger partial charge in [-0.25, -0.2) is 0 Å². The van der Waals surface area contributed by atoms with Crippen LogP contribution in [0.15, 0.2) is 23.4 Å². The molecule has 0 radical (unpaired) electrons. The van der Waals surface area contributed by atoms with Crippen LogP contribution in [0.5, 0.6) is 11.5 Å². The number of ketones is 1. The second-order valence-corrected chi connectivity index (χ2v) is 3.21. The molecule has 16 heavy (non-hydrogen) atoms. The van der Waals surface area contributed by atoms with Crippen LogP contribution in [-0.4, -0.2) is 26.0 Å². The van der Waals surface area contributed by atoms with Gasteiger partial charge in [0.1, 0.15) is 11.5 Å². The number of rotatable bonds is 5. The van der Waals surface area contributed by atoms with Crippen LogP contribution < -0.4 is 9.47 Å². The first-order valence-electron chi connectivity index (χ1n) is 4.72. The van der Waals surface area contributed by atoms with Gasteiger partial charge in [-0.15, -0.1) is 0 Å². The molecule has 0 saturated heterocycles. The molecule has 1 atom stereocenters. The minimum absolute atomic E-state index is 0.300. The van der Waals surface area contributed by atoms with Crippen LogP contribution in [0.2, 0.25) is 0 Å². The molecule has 86 valence electrons. The van der Waals surface area contributed by atoms with Crippen molar-refractivity contribution >= 4 is 5.78 Å². The number of hydrogen-bond acceptors (Lipinski definition) is 5. The quantitative estimate of drug-likeness (QED) is 0.566. The van der Waals surface area contributed by atoms with Crippen LogP contribution in [0.3, 0.4) is 0 Å². The predicted molar refractivity (Wildman–Crippen MR) is 59.1 cm³/mol. The van der Waals surface area contributed by atoms with Gasteiger partial charge in [0.05, 0.1) is 19.8 Å². The summed E-state index contributed by atoms with van der Waals surface area (Å²) in [6.07, 6.45) is 0. The summed E-state index contributed by atoms with van der Waals surface area (Å²) in [6, 6.07) is 3.89. The largest absolute Gasteiger partial charge is 0.497 e. The monoisotopic (exact) mass is 223 g/mol. The summed E-state index contributed by atoms with van der Waals surface area (Å²) >= 11 is 0. The Morgan fingerprint density at radius 1 is 1.31 bits per heavy atom. The summed E-state index contributed by atoms with van der Waals surface area (Å²) in [4.78, 5) is 22.1. The summed E-state index contributed by atoms with van der Waals surface area (Å²) < 4.78 is 10.0. The average molecular weight is 223 g/mol. The van der Waals surface area contributed by atoms with Gasteiger partial charge < -0.3 is 9.47 Å². The van der Waals surface area contributed by atoms with Gasteiger partial charge in [-0.05, 0) is 25.1 Å². The molecule has 0 aliphatic heterocycles. The van der Waals surface area contributed by atoms with E-state index in [0.717, 1.165) is 0 Å². The molecule has 0 N–H and O–H groups in total. The smallest absolute Gasteiger partial charge is 0.194 e. The van der Waals surface area contributed by atoms with Crippen LogP contribution in [-0.2, 0) is 0 Å². The fourth-order valence-corrected chi connectivity index (χ4v) is 1.28. The Labute approximate surface area is 93.3 Å². The van der Waals surface area contributed by atoms with E-state index in [0.29, 0.717) is 17.1 Å². The number of methoxy groups -OCH3 is 2. The lowest BCUT2D eigenvalue weighted by Crippen LogP contribution is -2.15. The Morgan fingerprint density at radius 3 is 2.50 bits per heavy atom. The fourth-order valence-electron chi connectivity index (χ4n) is 1.28. The molecule has 5 nitrogen and oxygen atoms in total. The van der Waals surface area contributed by atoms with Gasteiger partial charge in [-0.2, -0.15) is 4.91 Å².